The first-order valence-corrected chi connectivity index (χ1v) is 4.14. The van der Waals surface area contributed by atoms with Crippen LogP contribution < -0.4 is 0 Å². The van der Waals surface area contributed by atoms with Crippen LogP contribution in [0.5, 0.6) is 0 Å². The molecule has 2 heteroatoms. The second kappa shape index (κ2) is 3.36. The fraction of sp³-hybridized carbons (Fsp3) is 0.222. The average Bonchev–Trinajstić information content (AvgIpc) is 2.36. The van der Waals surface area contributed by atoms with Crippen LogP contribution in [0.25, 0.3) is 0 Å². The van der Waals surface area contributed by atoms with Crippen LogP contribution in [0.4, 0.5) is 0 Å². The molecular weight excluding hydrogens is 156 g/mol. The van der Waals surface area contributed by atoms with Crippen molar-refractivity contribution < 1.29 is 4.79 Å². The molecule has 0 N–H and O–H groups in total. The molecule has 0 aliphatic rings. The normalized spacial score (nSPS) is 9.09. The van der Waals surface area contributed by atoms with Gasteiger partial charge in [-0.3, -0.25) is 4.79 Å². The molecule has 0 aliphatic heterocycles. The number of carbonyl (C=O) groups is 1. The summed E-state index contributed by atoms with van der Waals surface area (Å²) in [5, 5.41) is 1.84. The Balaban J connectivity index is 2.78. The van der Waals surface area contributed by atoms with Crippen molar-refractivity contribution in [3.05, 3.63) is 21.9 Å². The van der Waals surface area contributed by atoms with Gasteiger partial charge in [0.05, 0.1) is 6.42 Å². The van der Waals surface area contributed by atoms with Crippen molar-refractivity contribution in [2.75, 3.05) is 0 Å². The van der Waals surface area contributed by atoms with Crippen molar-refractivity contribution in [1.29, 1.82) is 0 Å². The summed E-state index contributed by atoms with van der Waals surface area (Å²) in [5.41, 5.74) is 0.741. The maximum Gasteiger partial charge on any atom is 0.175 e. The molecular formula is C9H8OS. The van der Waals surface area contributed by atoms with Crippen LogP contribution in [-0.4, -0.2) is 5.78 Å². The lowest BCUT2D eigenvalue weighted by atomic mass is 10.2. The predicted molar refractivity (Wildman–Crippen MR) is 46.8 cm³/mol. The topological polar surface area (TPSA) is 17.1 Å². The maximum absolute atomic E-state index is 11.1. The first kappa shape index (κ1) is 8.03. The van der Waals surface area contributed by atoms with E-state index in [0.29, 0.717) is 0 Å². The molecule has 1 heterocycles. The van der Waals surface area contributed by atoms with Crippen LogP contribution >= 0.6 is 11.3 Å². The third-order valence-electron chi connectivity index (χ3n) is 1.32. The molecule has 0 saturated heterocycles. The Bertz CT molecular complexity index is 304. The van der Waals surface area contributed by atoms with E-state index in [-0.39, 0.29) is 12.2 Å². The number of Topliss-reactive ketones (excluding diaryl/α,β-unsaturated/α-hetero) is 1. The maximum atomic E-state index is 11.1. The van der Waals surface area contributed by atoms with E-state index in [0.717, 1.165) is 10.4 Å². The molecule has 1 aromatic rings. The first-order valence-electron chi connectivity index (χ1n) is 3.26. The van der Waals surface area contributed by atoms with Gasteiger partial charge < -0.3 is 0 Å². The summed E-state index contributed by atoms with van der Waals surface area (Å²) in [5.74, 6) is 2.37. The van der Waals surface area contributed by atoms with Crippen molar-refractivity contribution in [1.82, 2.24) is 0 Å². The van der Waals surface area contributed by atoms with E-state index in [9.17, 15) is 4.79 Å². The Labute approximate surface area is 70.1 Å². The van der Waals surface area contributed by atoms with Crippen molar-refractivity contribution in [3.8, 4) is 12.3 Å². The molecule has 0 saturated carbocycles. The fourth-order valence-corrected chi connectivity index (χ4v) is 1.49. The second-order valence-corrected chi connectivity index (χ2v) is 3.37. The van der Waals surface area contributed by atoms with Crippen molar-refractivity contribution in [2.24, 2.45) is 0 Å². The Morgan fingerprint density at radius 1 is 1.82 bits per heavy atom. The molecule has 0 spiro atoms. The molecule has 1 nitrogen and oxygen atoms in total. The van der Waals surface area contributed by atoms with Gasteiger partial charge in [-0.05, 0) is 13.0 Å². The van der Waals surface area contributed by atoms with Crippen LogP contribution in [-0.2, 0) is 0 Å². The standard InChI is InChI=1S/C9H8OS/c1-3-4-9(10)8-5-7(2)11-6-8/h1,5-6H,4H2,2H3. The first-order chi connectivity index (χ1) is 5.24. The molecule has 11 heavy (non-hydrogen) atoms. The van der Waals surface area contributed by atoms with Crippen molar-refractivity contribution >= 4 is 17.1 Å². The lowest BCUT2D eigenvalue weighted by Gasteiger charge is -1.87. The summed E-state index contributed by atoms with van der Waals surface area (Å²) in [7, 11) is 0. The number of terminal acetylenes is 1. The number of aryl methyl sites for hydroxylation is 1. The van der Waals surface area contributed by atoms with E-state index in [1.807, 2.05) is 18.4 Å². The summed E-state index contributed by atoms with van der Waals surface area (Å²) < 4.78 is 0. The highest BCUT2D eigenvalue weighted by atomic mass is 32.1. The number of hydrogen-bond acceptors (Lipinski definition) is 2. The van der Waals surface area contributed by atoms with E-state index < -0.39 is 0 Å². The summed E-state index contributed by atoms with van der Waals surface area (Å²) in [6, 6.07) is 1.87. The average molecular weight is 164 g/mol. The Morgan fingerprint density at radius 2 is 2.55 bits per heavy atom. The number of carbonyl (C=O) groups excluding carboxylic acids is 1. The molecule has 0 aliphatic carbocycles. The van der Waals surface area contributed by atoms with Crippen LogP contribution in [0.2, 0.25) is 0 Å². The summed E-state index contributed by atoms with van der Waals surface area (Å²) in [4.78, 5) is 12.3. The largest absolute Gasteiger partial charge is 0.293 e. The lowest BCUT2D eigenvalue weighted by Crippen LogP contribution is -1.93. The highest BCUT2D eigenvalue weighted by molar-refractivity contribution is 7.10. The van der Waals surface area contributed by atoms with E-state index in [1.54, 1.807) is 11.3 Å². The van der Waals surface area contributed by atoms with Gasteiger partial charge in [-0.1, -0.05) is 5.92 Å². The van der Waals surface area contributed by atoms with E-state index >= 15 is 0 Å². The van der Waals surface area contributed by atoms with Gasteiger partial charge in [0, 0.05) is 15.8 Å². The van der Waals surface area contributed by atoms with Crippen molar-refractivity contribution in [3.63, 3.8) is 0 Å². The monoisotopic (exact) mass is 164 g/mol. The number of thiophene rings is 1. The van der Waals surface area contributed by atoms with Crippen molar-refractivity contribution in [2.45, 2.75) is 13.3 Å². The summed E-state index contributed by atoms with van der Waals surface area (Å²) in [6.45, 7) is 1.97. The fourth-order valence-electron chi connectivity index (χ4n) is 0.784. The lowest BCUT2D eigenvalue weighted by molar-refractivity contribution is 0.0998. The highest BCUT2D eigenvalue weighted by Crippen LogP contribution is 2.14. The van der Waals surface area contributed by atoms with Gasteiger partial charge in [-0.15, -0.1) is 17.8 Å². The minimum Gasteiger partial charge on any atom is -0.293 e. The number of rotatable bonds is 2. The highest BCUT2D eigenvalue weighted by Gasteiger charge is 2.04. The molecule has 0 unspecified atom stereocenters. The van der Waals surface area contributed by atoms with Crippen LogP contribution in [0.1, 0.15) is 21.7 Å². The molecule has 0 aromatic carbocycles. The van der Waals surface area contributed by atoms with Gasteiger partial charge in [0.15, 0.2) is 5.78 Å². The number of ketones is 1. The third kappa shape index (κ3) is 1.92. The minimum absolute atomic E-state index is 0.0388. The SMILES string of the molecule is C#CCC(=O)c1csc(C)c1. The summed E-state index contributed by atoms with van der Waals surface area (Å²) in [6.07, 6.45) is 5.21. The van der Waals surface area contributed by atoms with Crippen LogP contribution in [0.15, 0.2) is 11.4 Å². The van der Waals surface area contributed by atoms with Gasteiger partial charge in [-0.2, -0.15) is 0 Å². The Kier molecular flexibility index (Phi) is 2.45. The molecule has 56 valence electrons. The van der Waals surface area contributed by atoms with Crippen LogP contribution in [0.3, 0.4) is 0 Å². The van der Waals surface area contributed by atoms with Gasteiger partial charge in [0.25, 0.3) is 0 Å². The molecule has 1 aromatic heterocycles. The molecule has 0 radical (unpaired) electrons. The second-order valence-electron chi connectivity index (χ2n) is 2.25. The van der Waals surface area contributed by atoms with E-state index in [4.69, 9.17) is 6.42 Å². The van der Waals surface area contributed by atoms with Gasteiger partial charge in [-0.25, -0.2) is 0 Å². The smallest absolute Gasteiger partial charge is 0.175 e. The van der Waals surface area contributed by atoms with E-state index in [2.05, 4.69) is 5.92 Å². The quantitative estimate of drug-likeness (QED) is 0.484. The zero-order valence-corrected chi connectivity index (χ0v) is 7.07. The molecule has 0 bridgehead atoms. The zero-order valence-electron chi connectivity index (χ0n) is 6.26. The summed E-state index contributed by atoms with van der Waals surface area (Å²) >= 11 is 1.57. The molecule has 0 fully saturated rings. The molecule has 0 amide bonds. The molecule has 1 rings (SSSR count). The van der Waals surface area contributed by atoms with E-state index in [1.165, 1.54) is 0 Å². The Morgan fingerprint density at radius 3 is 3.00 bits per heavy atom. The Hall–Kier alpha value is -1.07. The van der Waals surface area contributed by atoms with Gasteiger partial charge >= 0.3 is 0 Å². The minimum atomic E-state index is 0.0388. The van der Waals surface area contributed by atoms with Gasteiger partial charge in [0.2, 0.25) is 0 Å². The zero-order chi connectivity index (χ0) is 8.27. The third-order valence-corrected chi connectivity index (χ3v) is 2.18. The predicted octanol–water partition coefficient (Wildman–Crippen LogP) is 2.26. The van der Waals surface area contributed by atoms with Crippen LogP contribution in [0, 0.1) is 19.3 Å². The number of hydrogen-bond donors (Lipinski definition) is 0. The molecule has 0 atom stereocenters. The van der Waals surface area contributed by atoms with Gasteiger partial charge in [0.1, 0.15) is 0 Å².